The zero-order valence-corrected chi connectivity index (χ0v) is 35.8. The lowest BCUT2D eigenvalue weighted by molar-refractivity contribution is -0.141. The monoisotopic (exact) mass is 881 g/mol. The summed E-state index contributed by atoms with van der Waals surface area (Å²) in [5.74, 6) is -5.62. The fraction of sp³-hybridized carbons (Fsp3) is 0.523. The third-order valence-corrected chi connectivity index (χ3v) is 9.91. The van der Waals surface area contributed by atoms with Gasteiger partial charge in [-0.15, -0.1) is 0 Å². The Bertz CT molecular complexity index is 1780. The average molecular weight is 882 g/mol. The molecule has 0 bridgehead atoms. The molecule has 0 aromatic heterocycles. The van der Waals surface area contributed by atoms with Crippen molar-refractivity contribution in [3.05, 3.63) is 71.8 Å². The molecule has 2 rings (SSSR count). The van der Waals surface area contributed by atoms with Crippen LogP contribution in [0, 0.1) is 0 Å². The number of hydrogen-bond donors (Lipinski definition) is 10. The third-order valence-electron chi connectivity index (χ3n) is 9.91. The molecule has 19 heteroatoms. The standard InChI is InChI=1S/C44H63N7O12/c1-45-36(52)22-15-23-38(54)48-35(29-31-18-9-6-10-19-31)41(58)49-34(28-30-16-7-5-8-17-30)40(57)47-27-13-4-2-3-11-21-37(53)46-26-14-12-20-32(42(59)60)50-44(63)51-33(43(61)62)24-25-39(55)56/h5-10,16-19,32-35H,2-4,11-15,20-29H2,1H3,(H,45,52)(H,46,53)(H,47,57)(H,48,54)(H,49,58)(H,55,56)(H,59,60)(H,61,62)(H2,50,51,63)/t32?,33?,34?,35-/m1/s1. The van der Waals surface area contributed by atoms with Gasteiger partial charge in [0.25, 0.3) is 0 Å². The van der Waals surface area contributed by atoms with Gasteiger partial charge in [0.15, 0.2) is 0 Å². The number of carbonyl (C=O) groups is 9. The van der Waals surface area contributed by atoms with Crippen LogP contribution in [0.3, 0.4) is 0 Å². The second-order valence-electron chi connectivity index (χ2n) is 15.1. The normalized spacial score (nSPS) is 12.6. The van der Waals surface area contributed by atoms with Crippen LogP contribution >= 0.6 is 0 Å². The summed E-state index contributed by atoms with van der Waals surface area (Å²) in [6.07, 6.45) is 4.90. The van der Waals surface area contributed by atoms with Gasteiger partial charge in [-0.1, -0.05) is 79.9 Å². The van der Waals surface area contributed by atoms with Gasteiger partial charge in [0.1, 0.15) is 24.2 Å². The Hall–Kier alpha value is -6.53. The Morgan fingerprint density at radius 2 is 0.952 bits per heavy atom. The number of carbonyl (C=O) groups excluding carboxylic acids is 6. The number of aliphatic carboxylic acids is 3. The van der Waals surface area contributed by atoms with E-state index in [1.54, 1.807) is 0 Å². The quantitative estimate of drug-likeness (QED) is 0.0473. The second kappa shape index (κ2) is 30.5. The molecule has 0 fully saturated rings. The number of benzene rings is 2. The number of carboxylic acids is 3. The topological polar surface area (TPSA) is 299 Å². The highest BCUT2D eigenvalue weighted by atomic mass is 16.4. The molecule has 0 aliphatic carbocycles. The van der Waals surface area contributed by atoms with Crippen molar-refractivity contribution in [1.29, 1.82) is 0 Å². The molecule has 7 amide bonds. The summed E-state index contributed by atoms with van der Waals surface area (Å²) in [6, 6.07) is 12.7. The molecule has 4 atom stereocenters. The third kappa shape index (κ3) is 23.9. The summed E-state index contributed by atoms with van der Waals surface area (Å²) >= 11 is 0. The highest BCUT2D eigenvalue weighted by molar-refractivity contribution is 5.92. The molecule has 63 heavy (non-hydrogen) atoms. The molecule has 0 aliphatic heterocycles. The largest absolute Gasteiger partial charge is 0.481 e. The number of urea groups is 1. The van der Waals surface area contributed by atoms with Crippen LogP contribution in [-0.2, 0) is 51.2 Å². The van der Waals surface area contributed by atoms with E-state index in [1.807, 2.05) is 60.7 Å². The number of carboxylic acid groups (broad SMARTS) is 3. The van der Waals surface area contributed by atoms with E-state index in [-0.39, 0.29) is 62.2 Å². The first-order valence-corrected chi connectivity index (χ1v) is 21.4. The first-order valence-electron chi connectivity index (χ1n) is 21.4. The molecule has 0 aliphatic rings. The van der Waals surface area contributed by atoms with Gasteiger partial charge in [0, 0.05) is 58.7 Å². The summed E-state index contributed by atoms with van der Waals surface area (Å²) in [5.41, 5.74) is 1.66. The van der Waals surface area contributed by atoms with E-state index in [0.717, 1.165) is 30.4 Å². The van der Waals surface area contributed by atoms with Crippen LogP contribution in [0.2, 0.25) is 0 Å². The Kier molecular flexibility index (Phi) is 25.5. The molecule has 2 aromatic carbocycles. The van der Waals surface area contributed by atoms with Gasteiger partial charge in [-0.25, -0.2) is 14.4 Å². The lowest BCUT2D eigenvalue weighted by atomic mass is 10.0. The van der Waals surface area contributed by atoms with Gasteiger partial charge in [-0.05, 0) is 56.1 Å². The zero-order chi connectivity index (χ0) is 46.4. The maximum Gasteiger partial charge on any atom is 0.326 e. The number of amides is 7. The van der Waals surface area contributed by atoms with Crippen molar-refractivity contribution >= 4 is 53.5 Å². The van der Waals surface area contributed by atoms with Crippen LogP contribution in [0.5, 0.6) is 0 Å². The summed E-state index contributed by atoms with van der Waals surface area (Å²) in [7, 11) is 1.52. The maximum atomic E-state index is 13.7. The van der Waals surface area contributed by atoms with Crippen LogP contribution in [-0.4, -0.2) is 113 Å². The zero-order valence-electron chi connectivity index (χ0n) is 35.8. The van der Waals surface area contributed by atoms with Crippen molar-refractivity contribution in [2.24, 2.45) is 0 Å². The van der Waals surface area contributed by atoms with E-state index in [1.165, 1.54) is 7.05 Å². The lowest BCUT2D eigenvalue weighted by Gasteiger charge is -2.23. The molecule has 10 N–H and O–H groups in total. The number of unbranched alkanes of at least 4 members (excludes halogenated alkanes) is 5. The smallest absolute Gasteiger partial charge is 0.326 e. The van der Waals surface area contributed by atoms with Crippen molar-refractivity contribution in [2.75, 3.05) is 20.1 Å². The molecular formula is C44H63N7O12. The SMILES string of the molecule is CNC(=O)CCCC(=O)N[C@H](Cc1ccccc1)C(=O)NC(Cc1ccccc1)C(=O)NCCCCCCCC(=O)NCCCCC(NC(=O)NC(CCC(=O)O)C(=O)O)C(=O)O. The van der Waals surface area contributed by atoms with E-state index in [9.17, 15) is 53.4 Å². The minimum atomic E-state index is -1.50. The van der Waals surface area contributed by atoms with Gasteiger partial charge in [-0.2, -0.15) is 0 Å². The van der Waals surface area contributed by atoms with Crippen molar-refractivity contribution in [1.82, 2.24) is 37.2 Å². The van der Waals surface area contributed by atoms with Gasteiger partial charge in [0.05, 0.1) is 0 Å². The summed E-state index contributed by atoms with van der Waals surface area (Å²) in [4.78, 5) is 110. The number of nitrogens with one attached hydrogen (secondary N) is 7. The fourth-order valence-electron chi connectivity index (χ4n) is 6.40. The first-order chi connectivity index (χ1) is 30.2. The second-order valence-corrected chi connectivity index (χ2v) is 15.1. The van der Waals surface area contributed by atoms with E-state index < -0.39 is 60.4 Å². The lowest BCUT2D eigenvalue weighted by Crippen LogP contribution is -2.55. The van der Waals surface area contributed by atoms with Crippen LogP contribution < -0.4 is 37.2 Å². The number of rotatable bonds is 32. The fourth-order valence-corrected chi connectivity index (χ4v) is 6.40. The van der Waals surface area contributed by atoms with Crippen LogP contribution in [0.4, 0.5) is 4.79 Å². The molecule has 346 valence electrons. The molecule has 0 spiro atoms. The molecule has 2 aromatic rings. The molecule has 19 nitrogen and oxygen atoms in total. The predicted octanol–water partition coefficient (Wildman–Crippen LogP) is 2.17. The molecule has 3 unspecified atom stereocenters. The van der Waals surface area contributed by atoms with Crippen molar-refractivity contribution in [3.63, 3.8) is 0 Å². The first kappa shape index (κ1) is 52.6. The molecule has 0 saturated heterocycles. The minimum absolute atomic E-state index is 0.0203. The van der Waals surface area contributed by atoms with Crippen molar-refractivity contribution < 1.29 is 58.5 Å². The van der Waals surface area contributed by atoms with E-state index >= 15 is 0 Å². The summed E-state index contributed by atoms with van der Waals surface area (Å²) in [6.45, 7) is 0.663. The number of hydrogen-bond acceptors (Lipinski definition) is 9. The summed E-state index contributed by atoms with van der Waals surface area (Å²) < 4.78 is 0. The van der Waals surface area contributed by atoms with E-state index in [2.05, 4.69) is 37.2 Å². The molecular weight excluding hydrogens is 819 g/mol. The van der Waals surface area contributed by atoms with Crippen molar-refractivity contribution in [2.45, 2.75) is 127 Å². The van der Waals surface area contributed by atoms with E-state index in [4.69, 9.17) is 5.11 Å². The highest BCUT2D eigenvalue weighted by Gasteiger charge is 2.28. The predicted molar refractivity (Wildman–Crippen MR) is 231 cm³/mol. The highest BCUT2D eigenvalue weighted by Crippen LogP contribution is 2.10. The van der Waals surface area contributed by atoms with Crippen LogP contribution in [0.15, 0.2) is 60.7 Å². The Morgan fingerprint density at radius 3 is 1.52 bits per heavy atom. The van der Waals surface area contributed by atoms with Gasteiger partial charge in [0.2, 0.25) is 29.5 Å². The van der Waals surface area contributed by atoms with Crippen molar-refractivity contribution in [3.8, 4) is 0 Å². The maximum absolute atomic E-state index is 13.7. The Labute approximate surface area is 367 Å². The molecule has 0 heterocycles. The van der Waals surface area contributed by atoms with Crippen LogP contribution in [0.25, 0.3) is 0 Å². The average Bonchev–Trinajstić information content (AvgIpc) is 3.25. The molecule has 0 radical (unpaired) electrons. The minimum Gasteiger partial charge on any atom is -0.481 e. The molecule has 0 saturated carbocycles. The summed E-state index contributed by atoms with van der Waals surface area (Å²) in [5, 5.41) is 45.5. The van der Waals surface area contributed by atoms with E-state index in [0.29, 0.717) is 51.6 Å². The Morgan fingerprint density at radius 1 is 0.460 bits per heavy atom. The van der Waals surface area contributed by atoms with Crippen LogP contribution in [0.1, 0.15) is 101 Å². The van der Waals surface area contributed by atoms with Gasteiger partial charge >= 0.3 is 23.9 Å². The van der Waals surface area contributed by atoms with Gasteiger partial charge in [-0.3, -0.25) is 28.8 Å². The Balaban J connectivity index is 1.75. The van der Waals surface area contributed by atoms with Gasteiger partial charge < -0.3 is 52.5 Å².